The van der Waals surface area contributed by atoms with E-state index in [2.05, 4.69) is 25.2 Å². The zero-order valence-electron chi connectivity index (χ0n) is 19.0. The summed E-state index contributed by atoms with van der Waals surface area (Å²) < 4.78 is 98.9. The molecule has 2 aliphatic rings. The molecule has 36 heavy (non-hydrogen) atoms. The number of halogens is 5. The molecule has 1 aliphatic carbocycles. The molecule has 2 N–H and O–H groups in total. The van der Waals surface area contributed by atoms with Crippen molar-refractivity contribution in [3.8, 4) is 10.8 Å². The molecule has 0 unspecified atom stereocenters. The Morgan fingerprint density at radius 2 is 2.00 bits per heavy atom. The summed E-state index contributed by atoms with van der Waals surface area (Å²) >= 11 is 0.395. The van der Waals surface area contributed by atoms with Crippen LogP contribution in [0.3, 0.4) is 0 Å². The van der Waals surface area contributed by atoms with E-state index >= 15 is 0 Å². The highest BCUT2D eigenvalue weighted by atomic mass is 32.2. The molecule has 0 amide bonds. The van der Waals surface area contributed by atoms with Crippen molar-refractivity contribution in [1.29, 1.82) is 0 Å². The lowest BCUT2D eigenvalue weighted by Gasteiger charge is -2.23. The van der Waals surface area contributed by atoms with Crippen molar-refractivity contribution in [3.63, 3.8) is 0 Å². The molecule has 3 aromatic heterocycles. The van der Waals surface area contributed by atoms with Crippen molar-refractivity contribution < 1.29 is 30.4 Å². The summed E-state index contributed by atoms with van der Waals surface area (Å²) in [6, 6.07) is 1.15. The molecule has 0 saturated heterocycles. The summed E-state index contributed by atoms with van der Waals surface area (Å²) in [7, 11) is -4.13. The van der Waals surface area contributed by atoms with Gasteiger partial charge in [0, 0.05) is 29.9 Å². The average molecular weight is 549 g/mol. The van der Waals surface area contributed by atoms with Crippen LogP contribution in [0.1, 0.15) is 55.8 Å². The quantitative estimate of drug-likeness (QED) is 0.443. The van der Waals surface area contributed by atoms with Gasteiger partial charge in [-0.2, -0.15) is 13.2 Å². The minimum atomic E-state index is -4.91. The molecule has 15 heteroatoms. The second-order valence-electron chi connectivity index (χ2n) is 9.24. The lowest BCUT2D eigenvalue weighted by molar-refractivity contribution is -0.139. The summed E-state index contributed by atoms with van der Waals surface area (Å²) in [6.07, 6.45) is -3.55. The van der Waals surface area contributed by atoms with Gasteiger partial charge in [0.15, 0.2) is 21.5 Å². The highest BCUT2D eigenvalue weighted by Gasteiger charge is 2.43. The van der Waals surface area contributed by atoms with E-state index in [0.717, 1.165) is 10.6 Å². The predicted octanol–water partition coefficient (Wildman–Crippen LogP) is 4.41. The number of imidazole rings is 1. The van der Waals surface area contributed by atoms with Gasteiger partial charge in [0.05, 0.1) is 10.4 Å². The van der Waals surface area contributed by atoms with Gasteiger partial charge in [-0.05, 0) is 44.7 Å². The van der Waals surface area contributed by atoms with Crippen LogP contribution in [0, 0.1) is 0 Å². The number of fused-ring (bicyclic) bond motifs is 1. The summed E-state index contributed by atoms with van der Waals surface area (Å²) in [5, 5.41) is 9.17. The highest BCUT2D eigenvalue weighted by molar-refractivity contribution is 7.89. The fourth-order valence-corrected chi connectivity index (χ4v) is 6.28. The Balaban J connectivity index is 1.81. The van der Waals surface area contributed by atoms with Gasteiger partial charge in [-0.1, -0.05) is 17.4 Å². The van der Waals surface area contributed by atoms with Crippen molar-refractivity contribution in [2.75, 3.05) is 6.54 Å². The maximum atomic E-state index is 14.2. The van der Waals surface area contributed by atoms with Crippen LogP contribution >= 0.6 is 11.3 Å². The number of nitrogens with zero attached hydrogens (tertiary/aromatic N) is 4. The number of sulfonamides is 1. The van der Waals surface area contributed by atoms with Crippen LogP contribution in [0.15, 0.2) is 23.2 Å². The van der Waals surface area contributed by atoms with Gasteiger partial charge in [0.25, 0.3) is 6.43 Å². The van der Waals surface area contributed by atoms with E-state index in [9.17, 15) is 30.4 Å². The lowest BCUT2D eigenvalue weighted by atomic mass is 9.95. The zero-order chi connectivity index (χ0) is 26.0. The lowest BCUT2D eigenvalue weighted by Crippen LogP contribution is -2.34. The molecule has 1 fully saturated rings. The topological polar surface area (TPSA) is 101 Å². The van der Waals surface area contributed by atoms with Crippen LogP contribution in [0.25, 0.3) is 21.9 Å². The molecule has 1 atom stereocenters. The molecule has 0 bridgehead atoms. The molecule has 4 heterocycles. The van der Waals surface area contributed by atoms with Crippen LogP contribution in [-0.4, -0.2) is 46.1 Å². The summed E-state index contributed by atoms with van der Waals surface area (Å²) in [6.45, 7) is 3.98. The number of rotatable bonds is 6. The van der Waals surface area contributed by atoms with Crippen molar-refractivity contribution in [2.24, 2.45) is 0 Å². The van der Waals surface area contributed by atoms with Crippen LogP contribution in [0.5, 0.6) is 0 Å². The van der Waals surface area contributed by atoms with Crippen molar-refractivity contribution in [1.82, 2.24) is 29.6 Å². The third kappa shape index (κ3) is 4.64. The van der Waals surface area contributed by atoms with E-state index in [4.69, 9.17) is 0 Å². The second kappa shape index (κ2) is 8.53. The van der Waals surface area contributed by atoms with E-state index < -0.39 is 44.7 Å². The molecule has 1 saturated carbocycles. The summed E-state index contributed by atoms with van der Waals surface area (Å²) in [4.78, 5) is 3.46. The maximum Gasteiger partial charge on any atom is 0.435 e. The normalized spacial score (nSPS) is 20.2. The third-order valence-corrected chi connectivity index (χ3v) is 8.71. The summed E-state index contributed by atoms with van der Waals surface area (Å²) in [5.74, 6) is -0.416. The monoisotopic (exact) mass is 548 g/mol. The van der Waals surface area contributed by atoms with Gasteiger partial charge in [-0.15, -0.1) is 10.2 Å². The van der Waals surface area contributed by atoms with Gasteiger partial charge in [0.2, 0.25) is 10.0 Å². The fourth-order valence-electron chi connectivity index (χ4n) is 4.11. The van der Waals surface area contributed by atoms with Crippen LogP contribution in [0.4, 0.5) is 22.0 Å². The van der Waals surface area contributed by atoms with E-state index in [-0.39, 0.29) is 27.0 Å². The molecular weight excluding hydrogens is 527 g/mol. The highest BCUT2D eigenvalue weighted by Crippen LogP contribution is 2.42. The predicted molar refractivity (Wildman–Crippen MR) is 122 cm³/mol. The first-order chi connectivity index (χ1) is 16.8. The summed E-state index contributed by atoms with van der Waals surface area (Å²) in [5.41, 5.74) is -1.69. The number of aromatic nitrogens is 4. The van der Waals surface area contributed by atoms with Gasteiger partial charge in [0.1, 0.15) is 0 Å². The van der Waals surface area contributed by atoms with E-state index in [1.165, 1.54) is 6.07 Å². The first kappa shape index (κ1) is 25.2. The number of pyridine rings is 1. The molecule has 0 spiro atoms. The molecule has 5 rings (SSSR count). The first-order valence-electron chi connectivity index (χ1n) is 11.0. The Hall–Kier alpha value is -2.49. The number of alkyl halides is 5. The minimum Gasteiger partial charge on any atom is -0.310 e. The zero-order valence-corrected chi connectivity index (χ0v) is 20.7. The fraction of sp³-hybridized carbons (Fsp3) is 0.476. The Bertz CT molecular complexity index is 1470. The average Bonchev–Trinajstić information content (AvgIpc) is 3.18. The molecular formula is C21H21F5N6O2S2. The smallest absolute Gasteiger partial charge is 0.310 e. The molecule has 1 aliphatic heterocycles. The van der Waals surface area contributed by atoms with Crippen LogP contribution < -0.4 is 10.0 Å². The Morgan fingerprint density at radius 1 is 1.28 bits per heavy atom. The third-order valence-electron chi connectivity index (χ3n) is 6.17. The maximum absolute atomic E-state index is 14.2. The van der Waals surface area contributed by atoms with E-state index in [0.29, 0.717) is 42.7 Å². The second-order valence-corrected chi connectivity index (χ2v) is 11.9. The van der Waals surface area contributed by atoms with Crippen molar-refractivity contribution in [2.45, 2.75) is 62.2 Å². The van der Waals surface area contributed by atoms with E-state index in [1.807, 2.05) is 6.92 Å². The Morgan fingerprint density at radius 3 is 2.58 bits per heavy atom. The van der Waals surface area contributed by atoms with Crippen LogP contribution in [0.2, 0.25) is 0 Å². The van der Waals surface area contributed by atoms with Gasteiger partial charge in [-0.25, -0.2) is 26.9 Å². The first-order valence-corrected chi connectivity index (χ1v) is 13.3. The van der Waals surface area contributed by atoms with Gasteiger partial charge < -0.3 is 5.32 Å². The van der Waals surface area contributed by atoms with Crippen molar-refractivity contribution in [3.05, 3.63) is 34.6 Å². The van der Waals surface area contributed by atoms with Crippen molar-refractivity contribution >= 4 is 32.4 Å². The van der Waals surface area contributed by atoms with Gasteiger partial charge >= 0.3 is 6.18 Å². The van der Waals surface area contributed by atoms with Gasteiger partial charge in [-0.3, -0.25) is 4.40 Å². The molecule has 0 aromatic carbocycles. The largest absolute Gasteiger partial charge is 0.435 e. The molecule has 3 aromatic rings. The molecule has 8 nitrogen and oxygen atoms in total. The van der Waals surface area contributed by atoms with E-state index in [1.54, 1.807) is 13.0 Å². The number of nitrogens with one attached hydrogen (secondary N) is 2. The Kier molecular flexibility index (Phi) is 5.97. The Labute approximate surface area is 206 Å². The standard InChI is InChI=1S/C21H21F5N6O2S2/c1-10-7-11(3-6-27-10)13-8-12(36(33,34)31-20(2)4-5-20)9-32-14(13)15(21(24,25)26)28-17(32)19-30-29-18(35-19)16(22)23/h3,8-10,16,27,31H,4-7H2,1-2H3/t10-/m1/s1. The molecule has 194 valence electrons. The van der Waals surface area contributed by atoms with Crippen LogP contribution in [-0.2, 0) is 16.2 Å². The number of hydrogen-bond donors (Lipinski definition) is 2. The SMILES string of the molecule is C[C@@H]1CC(c2cc(S(=O)(=O)NC3(C)CC3)cn3c(-c4nnc(C(F)F)s4)nc(C(F)(F)F)c23)=CCN1. The number of hydrogen-bond acceptors (Lipinski definition) is 7. The molecule has 0 radical (unpaired) electrons. The minimum absolute atomic E-state index is 0.0526.